The van der Waals surface area contributed by atoms with Crippen LogP contribution in [-0.2, 0) is 0 Å². The molecule has 0 amide bonds. The fourth-order valence-corrected chi connectivity index (χ4v) is 1.68. The lowest BCUT2D eigenvalue weighted by Crippen LogP contribution is -2.42. The van der Waals surface area contributed by atoms with Gasteiger partial charge in [-0.2, -0.15) is 0 Å². The van der Waals surface area contributed by atoms with Crippen LogP contribution in [0.2, 0.25) is 0 Å². The Morgan fingerprint density at radius 2 is 1.87 bits per heavy atom. The molecule has 0 bridgehead atoms. The van der Waals surface area contributed by atoms with E-state index in [1.54, 1.807) is 0 Å². The van der Waals surface area contributed by atoms with Crippen molar-refractivity contribution < 1.29 is 4.74 Å². The van der Waals surface area contributed by atoms with Gasteiger partial charge >= 0.3 is 0 Å². The smallest absolute Gasteiger partial charge is 0.119 e. The van der Waals surface area contributed by atoms with Gasteiger partial charge < -0.3 is 4.74 Å². The summed E-state index contributed by atoms with van der Waals surface area (Å²) in [7, 11) is 0. The largest absolute Gasteiger partial charge is 0.492 e. The van der Waals surface area contributed by atoms with Crippen molar-refractivity contribution in [1.29, 1.82) is 0 Å². The third-order valence-corrected chi connectivity index (χ3v) is 2.57. The molecule has 1 saturated heterocycles. The number of hydrogen-bond donors (Lipinski definition) is 0. The van der Waals surface area contributed by atoms with E-state index in [0.717, 1.165) is 45.1 Å². The first-order valence-electron chi connectivity index (χ1n) is 5.48. The zero-order valence-corrected chi connectivity index (χ0v) is 8.93. The van der Waals surface area contributed by atoms with E-state index >= 15 is 0 Å². The molecule has 1 aromatic carbocycles. The van der Waals surface area contributed by atoms with E-state index in [9.17, 15) is 0 Å². The monoisotopic (exact) mass is 205 g/mol. The third-order valence-electron chi connectivity index (χ3n) is 2.57. The number of ether oxygens (including phenoxy) is 1. The van der Waals surface area contributed by atoms with Gasteiger partial charge in [-0.3, -0.25) is 4.90 Å². The van der Waals surface area contributed by atoms with Gasteiger partial charge in [-0.05, 0) is 12.1 Å². The highest BCUT2D eigenvalue weighted by Gasteiger charge is 2.09. The summed E-state index contributed by atoms with van der Waals surface area (Å²) in [5, 5.41) is 4.31. The molecular weight excluding hydrogens is 188 g/mol. The van der Waals surface area contributed by atoms with Gasteiger partial charge in [-0.25, -0.2) is 5.32 Å². The molecule has 0 unspecified atom stereocenters. The molecule has 3 heteroatoms. The number of piperazine rings is 1. The van der Waals surface area contributed by atoms with Crippen molar-refractivity contribution >= 4 is 0 Å². The summed E-state index contributed by atoms with van der Waals surface area (Å²) < 4.78 is 5.64. The van der Waals surface area contributed by atoms with E-state index in [0.29, 0.717) is 0 Å². The van der Waals surface area contributed by atoms with E-state index in [1.807, 2.05) is 30.3 Å². The minimum Gasteiger partial charge on any atom is -0.492 e. The van der Waals surface area contributed by atoms with Gasteiger partial charge in [0.15, 0.2) is 0 Å². The van der Waals surface area contributed by atoms with Crippen molar-refractivity contribution in [3.8, 4) is 5.75 Å². The van der Waals surface area contributed by atoms with Crippen molar-refractivity contribution in [3.05, 3.63) is 30.3 Å². The minimum absolute atomic E-state index is 0.768. The Hall–Kier alpha value is -1.06. The molecule has 3 nitrogen and oxygen atoms in total. The van der Waals surface area contributed by atoms with Crippen molar-refractivity contribution in [2.45, 2.75) is 0 Å². The highest BCUT2D eigenvalue weighted by atomic mass is 16.5. The first-order valence-corrected chi connectivity index (χ1v) is 5.48. The number of hydrogen-bond acceptors (Lipinski definition) is 2. The Bertz CT molecular complexity index is 270. The van der Waals surface area contributed by atoms with Gasteiger partial charge in [0.25, 0.3) is 0 Å². The fraction of sp³-hybridized carbons (Fsp3) is 0.500. The van der Waals surface area contributed by atoms with Crippen LogP contribution in [0.15, 0.2) is 30.3 Å². The average molecular weight is 205 g/mol. The maximum Gasteiger partial charge on any atom is 0.119 e. The number of nitrogens with zero attached hydrogens (tertiary/aromatic N) is 2. The van der Waals surface area contributed by atoms with Crippen LogP contribution in [-0.4, -0.2) is 44.2 Å². The second-order valence-electron chi connectivity index (χ2n) is 3.67. The summed E-state index contributed by atoms with van der Waals surface area (Å²) in [5.74, 6) is 0.958. The molecule has 0 saturated carbocycles. The third kappa shape index (κ3) is 3.53. The molecule has 1 aromatic rings. The molecule has 1 aliphatic heterocycles. The molecule has 0 N–H and O–H groups in total. The molecule has 1 aliphatic rings. The van der Waals surface area contributed by atoms with E-state index in [2.05, 4.69) is 10.2 Å². The Morgan fingerprint density at radius 3 is 2.60 bits per heavy atom. The quantitative estimate of drug-likeness (QED) is 0.732. The Morgan fingerprint density at radius 1 is 1.13 bits per heavy atom. The van der Waals surface area contributed by atoms with Crippen LogP contribution >= 0.6 is 0 Å². The van der Waals surface area contributed by atoms with E-state index in [1.165, 1.54) is 0 Å². The van der Waals surface area contributed by atoms with E-state index in [4.69, 9.17) is 4.74 Å². The summed E-state index contributed by atoms with van der Waals surface area (Å²) in [6, 6.07) is 9.97. The van der Waals surface area contributed by atoms with Gasteiger partial charge in [0.2, 0.25) is 0 Å². The van der Waals surface area contributed by atoms with Crippen molar-refractivity contribution in [2.75, 3.05) is 39.3 Å². The summed E-state index contributed by atoms with van der Waals surface area (Å²) in [6.45, 7) is 5.89. The Kier molecular flexibility index (Phi) is 4.00. The molecule has 0 atom stereocenters. The maximum atomic E-state index is 5.64. The van der Waals surface area contributed by atoms with Crippen molar-refractivity contribution in [2.24, 2.45) is 0 Å². The molecule has 2 rings (SSSR count). The fourth-order valence-electron chi connectivity index (χ4n) is 1.68. The standard InChI is InChI=1S/C12H17N2O/c1-2-4-12(5-3-1)15-11-10-14-8-6-13-7-9-14/h1-5H,6-11H2. The lowest BCUT2D eigenvalue weighted by Gasteiger charge is -2.25. The summed E-state index contributed by atoms with van der Waals surface area (Å²) in [6.07, 6.45) is 0. The summed E-state index contributed by atoms with van der Waals surface area (Å²) in [4.78, 5) is 2.40. The number of benzene rings is 1. The Balaban J connectivity index is 1.66. The minimum atomic E-state index is 0.768. The predicted octanol–water partition coefficient (Wildman–Crippen LogP) is 0.985. The normalized spacial score (nSPS) is 17.6. The van der Waals surface area contributed by atoms with Gasteiger partial charge in [0.05, 0.1) is 0 Å². The lowest BCUT2D eigenvalue weighted by molar-refractivity contribution is 0.190. The van der Waals surface area contributed by atoms with Crippen LogP contribution in [0, 0.1) is 0 Å². The zero-order chi connectivity index (χ0) is 10.3. The maximum absolute atomic E-state index is 5.64. The molecule has 1 radical (unpaired) electrons. The predicted molar refractivity (Wildman–Crippen MR) is 60.2 cm³/mol. The van der Waals surface area contributed by atoms with E-state index < -0.39 is 0 Å². The summed E-state index contributed by atoms with van der Waals surface area (Å²) in [5.41, 5.74) is 0. The van der Waals surface area contributed by atoms with Crippen LogP contribution in [0.25, 0.3) is 0 Å². The van der Waals surface area contributed by atoms with Crippen molar-refractivity contribution in [3.63, 3.8) is 0 Å². The topological polar surface area (TPSA) is 26.6 Å². The SMILES string of the molecule is c1ccc(OCCN2CC[N]CC2)cc1. The molecule has 81 valence electrons. The van der Waals surface area contributed by atoms with Crippen molar-refractivity contribution in [1.82, 2.24) is 10.2 Å². The van der Waals surface area contributed by atoms with Gasteiger partial charge in [0.1, 0.15) is 12.4 Å². The molecule has 0 aliphatic carbocycles. The lowest BCUT2D eigenvalue weighted by atomic mass is 10.3. The number of para-hydroxylation sites is 1. The molecule has 1 heterocycles. The van der Waals surface area contributed by atoms with Gasteiger partial charge in [-0.1, -0.05) is 18.2 Å². The van der Waals surface area contributed by atoms with Crippen LogP contribution in [0.1, 0.15) is 0 Å². The highest BCUT2D eigenvalue weighted by Crippen LogP contribution is 2.07. The highest BCUT2D eigenvalue weighted by molar-refractivity contribution is 5.20. The first kappa shape index (κ1) is 10.5. The van der Waals surface area contributed by atoms with Crippen LogP contribution in [0.3, 0.4) is 0 Å². The zero-order valence-electron chi connectivity index (χ0n) is 8.93. The molecule has 15 heavy (non-hydrogen) atoms. The first-order chi connectivity index (χ1) is 7.45. The Labute approximate surface area is 91.0 Å². The van der Waals surface area contributed by atoms with E-state index in [-0.39, 0.29) is 0 Å². The van der Waals surface area contributed by atoms with Crippen LogP contribution in [0.5, 0.6) is 5.75 Å². The molecular formula is C12H17N2O. The average Bonchev–Trinajstić information content (AvgIpc) is 2.32. The molecule has 0 spiro atoms. The van der Waals surface area contributed by atoms with Crippen LogP contribution in [0.4, 0.5) is 0 Å². The molecule has 0 aromatic heterocycles. The second kappa shape index (κ2) is 5.73. The van der Waals surface area contributed by atoms with Crippen LogP contribution < -0.4 is 10.1 Å². The molecule has 1 fully saturated rings. The van der Waals surface area contributed by atoms with Gasteiger partial charge in [0, 0.05) is 32.7 Å². The van der Waals surface area contributed by atoms with Gasteiger partial charge in [-0.15, -0.1) is 0 Å². The number of rotatable bonds is 4. The summed E-state index contributed by atoms with van der Waals surface area (Å²) >= 11 is 0. The second-order valence-corrected chi connectivity index (χ2v) is 3.67.